The van der Waals surface area contributed by atoms with E-state index in [1.54, 1.807) is 0 Å². The van der Waals surface area contributed by atoms with Gasteiger partial charge in [0.2, 0.25) is 0 Å². The molecule has 0 spiro atoms. The van der Waals surface area contributed by atoms with Crippen LogP contribution in [0.25, 0.3) is 11.3 Å². The zero-order chi connectivity index (χ0) is 14.7. The van der Waals surface area contributed by atoms with Crippen LogP contribution in [-0.2, 0) is 6.54 Å². The highest BCUT2D eigenvalue weighted by Gasteiger charge is 2.13. The van der Waals surface area contributed by atoms with Crippen LogP contribution in [0, 0.1) is 4.77 Å². The van der Waals surface area contributed by atoms with Crippen molar-refractivity contribution in [3.8, 4) is 11.3 Å². The van der Waals surface area contributed by atoms with Gasteiger partial charge in [0.25, 0.3) is 0 Å². The lowest BCUT2D eigenvalue weighted by atomic mass is 10.2. The van der Waals surface area contributed by atoms with E-state index in [0.717, 1.165) is 49.7 Å². The van der Waals surface area contributed by atoms with Crippen molar-refractivity contribution in [2.75, 3.05) is 39.8 Å². The molecule has 0 unspecified atom stereocenters. The molecule has 1 saturated heterocycles. The van der Waals surface area contributed by atoms with Gasteiger partial charge in [-0.2, -0.15) is 0 Å². The molecule has 3 rings (SSSR count). The first-order chi connectivity index (χ1) is 10.2. The fourth-order valence-corrected chi connectivity index (χ4v) is 2.94. The average Bonchev–Trinajstić information content (AvgIpc) is 2.89. The molecule has 0 aliphatic carbocycles. The van der Waals surface area contributed by atoms with E-state index < -0.39 is 0 Å². The van der Waals surface area contributed by atoms with Crippen molar-refractivity contribution in [1.82, 2.24) is 19.4 Å². The Balaban J connectivity index is 1.64. The Hall–Kier alpha value is -1.43. The smallest absolute Gasteiger partial charge is 0.177 e. The molecule has 0 atom stereocenters. The van der Waals surface area contributed by atoms with Crippen molar-refractivity contribution in [2.24, 2.45) is 0 Å². The minimum absolute atomic E-state index is 0.808. The predicted molar refractivity (Wildman–Crippen MR) is 89.0 cm³/mol. The highest BCUT2D eigenvalue weighted by molar-refractivity contribution is 7.71. The summed E-state index contributed by atoms with van der Waals surface area (Å²) in [5.74, 6) is 0. The van der Waals surface area contributed by atoms with E-state index >= 15 is 0 Å². The number of nitrogens with one attached hydrogen (secondary N) is 1. The van der Waals surface area contributed by atoms with E-state index in [9.17, 15) is 0 Å². The second kappa shape index (κ2) is 6.56. The van der Waals surface area contributed by atoms with E-state index in [2.05, 4.69) is 44.7 Å². The van der Waals surface area contributed by atoms with Gasteiger partial charge < -0.3 is 14.5 Å². The van der Waals surface area contributed by atoms with Crippen LogP contribution in [-0.4, -0.2) is 59.1 Å². The second-order valence-corrected chi connectivity index (χ2v) is 6.06. The fraction of sp³-hybridized carbons (Fsp3) is 0.438. The molecule has 0 radical (unpaired) electrons. The molecule has 2 aromatic rings. The Kier molecular flexibility index (Phi) is 4.53. The number of likely N-dealkylation sites (N-methyl/N-ethyl adjacent to an activating group) is 1. The summed E-state index contributed by atoms with van der Waals surface area (Å²) in [6.07, 6.45) is 2.13. The largest absolute Gasteiger partial charge is 0.331 e. The number of H-pyrrole nitrogens is 1. The van der Waals surface area contributed by atoms with Gasteiger partial charge in [-0.3, -0.25) is 4.90 Å². The first-order valence-electron chi connectivity index (χ1n) is 7.48. The molecular formula is C16H22N4S. The van der Waals surface area contributed by atoms with Crippen LogP contribution < -0.4 is 0 Å². The Labute approximate surface area is 131 Å². The van der Waals surface area contributed by atoms with Crippen molar-refractivity contribution in [1.29, 1.82) is 0 Å². The SMILES string of the molecule is CN1CCN(CCn2cc(-c3ccccc3)[nH]c2=S)CC1. The van der Waals surface area contributed by atoms with Crippen molar-refractivity contribution >= 4 is 12.2 Å². The number of hydrogen-bond donors (Lipinski definition) is 1. The lowest BCUT2D eigenvalue weighted by Crippen LogP contribution is -2.45. The number of rotatable bonds is 4. The summed E-state index contributed by atoms with van der Waals surface area (Å²) in [4.78, 5) is 8.20. The maximum absolute atomic E-state index is 5.44. The molecule has 1 N–H and O–H groups in total. The number of hydrogen-bond acceptors (Lipinski definition) is 3. The van der Waals surface area contributed by atoms with Crippen LogP contribution in [0.3, 0.4) is 0 Å². The minimum atomic E-state index is 0.808. The molecule has 1 aromatic heterocycles. The Morgan fingerprint density at radius 1 is 1.05 bits per heavy atom. The fourth-order valence-electron chi connectivity index (χ4n) is 2.68. The average molecular weight is 302 g/mol. The van der Waals surface area contributed by atoms with Crippen LogP contribution >= 0.6 is 12.2 Å². The number of piperazine rings is 1. The van der Waals surface area contributed by atoms with E-state index in [-0.39, 0.29) is 0 Å². The monoisotopic (exact) mass is 302 g/mol. The van der Waals surface area contributed by atoms with E-state index in [1.807, 2.05) is 18.2 Å². The molecule has 1 aliphatic rings. The van der Waals surface area contributed by atoms with Crippen LogP contribution in [0.5, 0.6) is 0 Å². The highest BCUT2D eigenvalue weighted by atomic mass is 32.1. The van der Waals surface area contributed by atoms with Gasteiger partial charge >= 0.3 is 0 Å². The maximum Gasteiger partial charge on any atom is 0.177 e. The zero-order valence-electron chi connectivity index (χ0n) is 12.5. The molecule has 112 valence electrons. The summed E-state index contributed by atoms with van der Waals surface area (Å²) in [5, 5.41) is 0. The van der Waals surface area contributed by atoms with Gasteiger partial charge in [0.15, 0.2) is 4.77 Å². The zero-order valence-corrected chi connectivity index (χ0v) is 13.3. The third kappa shape index (κ3) is 3.61. The highest BCUT2D eigenvalue weighted by Crippen LogP contribution is 2.16. The van der Waals surface area contributed by atoms with Crippen LogP contribution in [0.1, 0.15) is 0 Å². The summed E-state index contributed by atoms with van der Waals surface area (Å²) in [7, 11) is 2.19. The van der Waals surface area contributed by atoms with E-state index in [4.69, 9.17) is 12.2 Å². The lowest BCUT2D eigenvalue weighted by Gasteiger charge is -2.32. The molecule has 0 saturated carbocycles. The van der Waals surface area contributed by atoms with Gasteiger partial charge in [-0.25, -0.2) is 0 Å². The van der Waals surface area contributed by atoms with Crippen molar-refractivity contribution in [3.63, 3.8) is 0 Å². The first kappa shape index (κ1) is 14.5. The van der Waals surface area contributed by atoms with Gasteiger partial charge in [-0.15, -0.1) is 0 Å². The molecule has 2 heterocycles. The first-order valence-corrected chi connectivity index (χ1v) is 7.89. The van der Waals surface area contributed by atoms with Gasteiger partial charge in [0, 0.05) is 45.5 Å². The summed E-state index contributed by atoms with van der Waals surface area (Å²) in [6.45, 7) is 6.64. The Morgan fingerprint density at radius 2 is 1.76 bits per heavy atom. The lowest BCUT2D eigenvalue weighted by molar-refractivity contribution is 0.150. The number of benzene rings is 1. The summed E-state index contributed by atoms with van der Waals surface area (Å²) < 4.78 is 2.96. The van der Waals surface area contributed by atoms with Gasteiger partial charge in [0.1, 0.15) is 0 Å². The maximum atomic E-state index is 5.44. The molecule has 0 amide bonds. The molecule has 4 nitrogen and oxygen atoms in total. The molecule has 1 aromatic carbocycles. The third-order valence-electron chi connectivity index (χ3n) is 4.13. The normalized spacial score (nSPS) is 17.2. The molecular weight excluding hydrogens is 280 g/mol. The molecule has 0 bridgehead atoms. The molecule has 1 fully saturated rings. The Bertz CT molecular complexity index is 623. The second-order valence-electron chi connectivity index (χ2n) is 5.68. The number of aromatic nitrogens is 2. The van der Waals surface area contributed by atoms with Crippen LogP contribution in [0.15, 0.2) is 36.5 Å². The molecule has 1 aliphatic heterocycles. The molecule has 21 heavy (non-hydrogen) atoms. The summed E-state index contributed by atoms with van der Waals surface area (Å²) in [6, 6.07) is 10.3. The van der Waals surface area contributed by atoms with Crippen LogP contribution in [0.2, 0.25) is 0 Å². The summed E-state index contributed by atoms with van der Waals surface area (Å²) in [5.41, 5.74) is 2.28. The number of nitrogens with zero attached hydrogens (tertiary/aromatic N) is 3. The topological polar surface area (TPSA) is 27.2 Å². The number of aromatic amines is 1. The third-order valence-corrected chi connectivity index (χ3v) is 4.46. The van der Waals surface area contributed by atoms with E-state index in [1.165, 1.54) is 5.56 Å². The van der Waals surface area contributed by atoms with Gasteiger partial charge in [-0.05, 0) is 24.8 Å². The predicted octanol–water partition coefficient (Wildman–Crippen LogP) is 2.46. The summed E-state index contributed by atoms with van der Waals surface area (Å²) >= 11 is 5.44. The molecule has 5 heteroatoms. The number of imidazole rings is 1. The quantitative estimate of drug-likeness (QED) is 0.879. The Morgan fingerprint density at radius 3 is 2.48 bits per heavy atom. The van der Waals surface area contributed by atoms with Crippen LogP contribution in [0.4, 0.5) is 0 Å². The van der Waals surface area contributed by atoms with Crippen molar-refractivity contribution in [3.05, 3.63) is 41.3 Å². The standard InChI is InChI=1S/C16H22N4S/c1-18-7-9-19(10-8-18)11-12-20-13-15(17-16(20)21)14-5-3-2-4-6-14/h2-6,13H,7-12H2,1H3,(H,17,21). The van der Waals surface area contributed by atoms with Gasteiger partial charge in [-0.1, -0.05) is 30.3 Å². The minimum Gasteiger partial charge on any atom is -0.331 e. The van der Waals surface area contributed by atoms with E-state index in [0.29, 0.717) is 0 Å². The van der Waals surface area contributed by atoms with Gasteiger partial charge in [0.05, 0.1) is 5.69 Å². The van der Waals surface area contributed by atoms with Crippen molar-refractivity contribution < 1.29 is 0 Å². The van der Waals surface area contributed by atoms with Crippen molar-refractivity contribution in [2.45, 2.75) is 6.54 Å².